The minimum absolute atomic E-state index is 0.727. The van der Waals surface area contributed by atoms with Gasteiger partial charge in [0.05, 0.1) is 0 Å². The van der Waals surface area contributed by atoms with E-state index in [2.05, 4.69) is 52.8 Å². The number of benzene rings is 1. The Bertz CT molecular complexity index is 456. The van der Waals surface area contributed by atoms with Crippen LogP contribution in [0.3, 0.4) is 0 Å². The molecule has 0 N–H and O–H groups in total. The summed E-state index contributed by atoms with van der Waals surface area (Å²) in [4.78, 5) is 7.86. The van der Waals surface area contributed by atoms with Crippen molar-refractivity contribution in [3.05, 3.63) is 29.8 Å². The third-order valence-corrected chi connectivity index (χ3v) is 5.24. The van der Waals surface area contributed by atoms with Crippen LogP contribution in [0.1, 0.15) is 25.8 Å². The highest BCUT2D eigenvalue weighted by Crippen LogP contribution is 2.32. The number of hydrogen-bond donors (Lipinski definition) is 0. The van der Waals surface area contributed by atoms with Crippen LogP contribution < -0.4 is 4.90 Å². The van der Waals surface area contributed by atoms with Gasteiger partial charge in [-0.2, -0.15) is 0 Å². The van der Waals surface area contributed by atoms with Crippen molar-refractivity contribution in [2.45, 2.75) is 32.7 Å². The zero-order chi connectivity index (χ0) is 14.7. The minimum atomic E-state index is 0.727. The Kier molecular flexibility index (Phi) is 4.81. The Hall–Kier alpha value is -1.06. The van der Waals surface area contributed by atoms with Crippen LogP contribution in [0.4, 0.5) is 5.69 Å². The molecule has 2 aliphatic rings. The monoisotopic (exact) mass is 287 g/mol. The van der Waals surface area contributed by atoms with Crippen LogP contribution in [-0.2, 0) is 6.42 Å². The van der Waals surface area contributed by atoms with E-state index in [1.165, 1.54) is 64.3 Å². The summed E-state index contributed by atoms with van der Waals surface area (Å²) in [5.74, 6) is 0. The Morgan fingerprint density at radius 1 is 1.14 bits per heavy atom. The maximum Gasteiger partial charge on any atom is 0.0420 e. The SMILES string of the molecule is CCN(CC)CCN1CCN2c3ccccc3CC[C@@H]2C1. The van der Waals surface area contributed by atoms with Gasteiger partial charge in [-0.05, 0) is 37.6 Å². The third kappa shape index (κ3) is 3.24. The maximum absolute atomic E-state index is 2.67. The molecule has 0 aromatic heterocycles. The van der Waals surface area contributed by atoms with E-state index in [4.69, 9.17) is 0 Å². The van der Waals surface area contributed by atoms with Crippen LogP contribution in [0.5, 0.6) is 0 Å². The molecule has 0 amide bonds. The van der Waals surface area contributed by atoms with E-state index in [-0.39, 0.29) is 0 Å². The van der Waals surface area contributed by atoms with Crippen molar-refractivity contribution in [3.8, 4) is 0 Å². The van der Waals surface area contributed by atoms with E-state index < -0.39 is 0 Å². The molecule has 0 bridgehead atoms. The fraction of sp³-hybridized carbons (Fsp3) is 0.667. The normalized spacial score (nSPS) is 22.2. The average molecular weight is 287 g/mol. The number of rotatable bonds is 5. The molecule has 2 heterocycles. The zero-order valence-corrected chi connectivity index (χ0v) is 13.6. The summed E-state index contributed by atoms with van der Waals surface area (Å²) in [6.45, 7) is 13.0. The van der Waals surface area contributed by atoms with E-state index in [1.807, 2.05) is 0 Å². The number of anilines is 1. The second kappa shape index (κ2) is 6.80. The van der Waals surface area contributed by atoms with Crippen molar-refractivity contribution >= 4 is 5.69 Å². The molecule has 0 unspecified atom stereocenters. The fourth-order valence-corrected chi connectivity index (χ4v) is 3.83. The topological polar surface area (TPSA) is 9.72 Å². The van der Waals surface area contributed by atoms with E-state index in [9.17, 15) is 0 Å². The molecule has 116 valence electrons. The number of piperazine rings is 1. The predicted octanol–water partition coefficient (Wildman–Crippen LogP) is 2.47. The van der Waals surface area contributed by atoms with Crippen molar-refractivity contribution in [2.24, 2.45) is 0 Å². The van der Waals surface area contributed by atoms with Gasteiger partial charge in [0.15, 0.2) is 0 Å². The van der Waals surface area contributed by atoms with E-state index in [1.54, 1.807) is 5.56 Å². The molecule has 3 heteroatoms. The van der Waals surface area contributed by atoms with Crippen LogP contribution in [0.25, 0.3) is 0 Å². The molecule has 0 spiro atoms. The number of nitrogens with zero attached hydrogens (tertiary/aromatic N) is 3. The van der Waals surface area contributed by atoms with Gasteiger partial charge < -0.3 is 9.80 Å². The molecule has 21 heavy (non-hydrogen) atoms. The van der Waals surface area contributed by atoms with Gasteiger partial charge in [0, 0.05) is 44.5 Å². The first-order valence-electron chi connectivity index (χ1n) is 8.61. The van der Waals surface area contributed by atoms with Crippen molar-refractivity contribution in [2.75, 3.05) is 50.7 Å². The lowest BCUT2D eigenvalue weighted by Gasteiger charge is -2.46. The van der Waals surface area contributed by atoms with Crippen molar-refractivity contribution in [3.63, 3.8) is 0 Å². The van der Waals surface area contributed by atoms with Gasteiger partial charge in [0.1, 0.15) is 0 Å². The lowest BCUT2D eigenvalue weighted by Crippen LogP contribution is -2.56. The van der Waals surface area contributed by atoms with Gasteiger partial charge in [-0.25, -0.2) is 0 Å². The van der Waals surface area contributed by atoms with Gasteiger partial charge in [-0.1, -0.05) is 32.0 Å². The first-order valence-corrected chi connectivity index (χ1v) is 8.61. The van der Waals surface area contributed by atoms with Crippen LogP contribution in [0.2, 0.25) is 0 Å². The van der Waals surface area contributed by atoms with Gasteiger partial charge in [-0.3, -0.25) is 4.90 Å². The summed E-state index contributed by atoms with van der Waals surface area (Å²) in [6, 6.07) is 9.71. The Morgan fingerprint density at radius 3 is 2.76 bits per heavy atom. The van der Waals surface area contributed by atoms with Gasteiger partial charge >= 0.3 is 0 Å². The van der Waals surface area contributed by atoms with E-state index in [0.29, 0.717) is 0 Å². The summed E-state index contributed by atoms with van der Waals surface area (Å²) >= 11 is 0. The van der Waals surface area contributed by atoms with Crippen LogP contribution in [0, 0.1) is 0 Å². The Labute approximate surface area is 129 Å². The molecule has 3 rings (SSSR count). The second-order valence-corrected chi connectivity index (χ2v) is 6.34. The minimum Gasteiger partial charge on any atom is -0.366 e. The molecule has 0 aliphatic carbocycles. The summed E-state index contributed by atoms with van der Waals surface area (Å²) in [5, 5.41) is 0. The first-order chi connectivity index (χ1) is 10.3. The van der Waals surface area contributed by atoms with Crippen LogP contribution >= 0.6 is 0 Å². The molecule has 1 saturated heterocycles. The number of para-hydroxylation sites is 1. The standard InChI is InChI=1S/C18H29N3/c1-3-19(4-2)11-12-20-13-14-21-17(15-20)10-9-16-7-5-6-8-18(16)21/h5-8,17H,3-4,9-15H2,1-2H3/t17-/m1/s1. The molecular weight excluding hydrogens is 258 g/mol. The number of hydrogen-bond acceptors (Lipinski definition) is 3. The summed E-state index contributed by atoms with van der Waals surface area (Å²) in [6.07, 6.45) is 2.57. The van der Waals surface area contributed by atoms with E-state index >= 15 is 0 Å². The highest BCUT2D eigenvalue weighted by atomic mass is 15.3. The molecule has 0 radical (unpaired) electrons. The smallest absolute Gasteiger partial charge is 0.0420 e. The summed E-state index contributed by atoms with van der Waals surface area (Å²) < 4.78 is 0. The maximum atomic E-state index is 2.67. The molecule has 1 aromatic carbocycles. The average Bonchev–Trinajstić information content (AvgIpc) is 2.55. The third-order valence-electron chi connectivity index (χ3n) is 5.24. The molecule has 1 atom stereocenters. The number of likely N-dealkylation sites (N-methyl/N-ethyl adjacent to an activating group) is 1. The van der Waals surface area contributed by atoms with Gasteiger partial charge in [0.25, 0.3) is 0 Å². The van der Waals surface area contributed by atoms with Crippen LogP contribution in [0.15, 0.2) is 24.3 Å². The van der Waals surface area contributed by atoms with Gasteiger partial charge in [0.2, 0.25) is 0 Å². The molecule has 2 aliphatic heterocycles. The highest BCUT2D eigenvalue weighted by Gasteiger charge is 2.31. The highest BCUT2D eigenvalue weighted by molar-refractivity contribution is 5.57. The number of aryl methyl sites for hydroxylation is 1. The van der Waals surface area contributed by atoms with Crippen molar-refractivity contribution in [1.29, 1.82) is 0 Å². The lowest BCUT2D eigenvalue weighted by atomic mass is 9.94. The molecule has 0 saturated carbocycles. The Morgan fingerprint density at radius 2 is 1.95 bits per heavy atom. The van der Waals surface area contributed by atoms with Crippen molar-refractivity contribution < 1.29 is 0 Å². The van der Waals surface area contributed by atoms with Gasteiger partial charge in [-0.15, -0.1) is 0 Å². The molecular formula is C18H29N3. The van der Waals surface area contributed by atoms with Crippen LogP contribution in [-0.4, -0.2) is 61.7 Å². The molecule has 3 nitrogen and oxygen atoms in total. The Balaban J connectivity index is 1.58. The summed E-state index contributed by atoms with van der Waals surface area (Å²) in [5.41, 5.74) is 3.04. The van der Waals surface area contributed by atoms with E-state index in [0.717, 1.165) is 6.04 Å². The zero-order valence-electron chi connectivity index (χ0n) is 13.6. The molecule has 1 aromatic rings. The number of fused-ring (bicyclic) bond motifs is 3. The second-order valence-electron chi connectivity index (χ2n) is 6.34. The molecule has 1 fully saturated rings. The fourth-order valence-electron chi connectivity index (χ4n) is 3.83. The van der Waals surface area contributed by atoms with Crippen molar-refractivity contribution in [1.82, 2.24) is 9.80 Å². The first kappa shape index (κ1) is 14.9. The lowest BCUT2D eigenvalue weighted by molar-refractivity contribution is 0.180. The largest absolute Gasteiger partial charge is 0.366 e. The predicted molar refractivity (Wildman–Crippen MR) is 90.1 cm³/mol. The quantitative estimate of drug-likeness (QED) is 0.824. The summed E-state index contributed by atoms with van der Waals surface area (Å²) in [7, 11) is 0.